The van der Waals surface area contributed by atoms with Crippen molar-refractivity contribution in [3.05, 3.63) is 53.9 Å². The van der Waals surface area contributed by atoms with Crippen LogP contribution in [0.1, 0.15) is 22.3 Å². The first-order chi connectivity index (χ1) is 12.7. The number of carbonyl (C=O) groups excluding carboxylic acids is 1. The Bertz CT molecular complexity index is 898. The summed E-state index contributed by atoms with van der Waals surface area (Å²) in [4.78, 5) is 18.3. The fourth-order valence-corrected chi connectivity index (χ4v) is 3.29. The van der Waals surface area contributed by atoms with Crippen molar-refractivity contribution in [2.45, 2.75) is 25.1 Å². The van der Waals surface area contributed by atoms with Crippen LogP contribution in [0.3, 0.4) is 0 Å². The number of aliphatic hydroxyl groups excluding tert-OH is 1. The minimum absolute atomic E-state index is 0.214. The Kier molecular flexibility index (Phi) is 4.59. The number of β-amino-alcohol motifs (C(OH)–C–C–N with tert-alkyl or cyclic N) is 1. The Morgan fingerprint density at radius 1 is 1.31 bits per heavy atom. The Morgan fingerprint density at radius 3 is 3.04 bits per heavy atom. The van der Waals surface area contributed by atoms with Gasteiger partial charge in [0.25, 0.3) is 5.91 Å². The molecule has 0 spiro atoms. The number of aromatic nitrogens is 3. The molecule has 8 nitrogen and oxygen atoms in total. The lowest BCUT2D eigenvalue weighted by Gasteiger charge is -2.36. The van der Waals surface area contributed by atoms with E-state index in [0.717, 1.165) is 23.1 Å². The van der Waals surface area contributed by atoms with Crippen molar-refractivity contribution in [1.29, 1.82) is 0 Å². The van der Waals surface area contributed by atoms with Gasteiger partial charge in [0.15, 0.2) is 0 Å². The molecule has 0 radical (unpaired) electrons. The zero-order chi connectivity index (χ0) is 17.9. The van der Waals surface area contributed by atoms with E-state index < -0.39 is 6.10 Å². The van der Waals surface area contributed by atoms with Gasteiger partial charge in [-0.15, -0.1) is 0 Å². The van der Waals surface area contributed by atoms with Crippen molar-refractivity contribution >= 4 is 16.9 Å². The predicted molar refractivity (Wildman–Crippen MR) is 93.2 cm³/mol. The molecule has 0 aliphatic carbocycles. The number of nitrogens with zero attached hydrogens (tertiary/aromatic N) is 4. The number of carbonyl (C=O) groups is 1. The van der Waals surface area contributed by atoms with E-state index in [1.807, 2.05) is 18.2 Å². The highest BCUT2D eigenvalue weighted by Crippen LogP contribution is 2.19. The highest BCUT2D eigenvalue weighted by molar-refractivity contribution is 5.94. The highest BCUT2D eigenvalue weighted by Gasteiger charge is 2.29. The number of hydrogen-bond donors (Lipinski definition) is 2. The molecule has 0 bridgehead atoms. The third kappa shape index (κ3) is 3.42. The SMILES string of the molecule is O=C(N[C@@H]1CCN(Cc2cccc3nonc23)C[C@H]1O)c1cccnc1. The van der Waals surface area contributed by atoms with Crippen LogP contribution < -0.4 is 5.32 Å². The van der Waals surface area contributed by atoms with Crippen LogP contribution in [0.2, 0.25) is 0 Å². The summed E-state index contributed by atoms with van der Waals surface area (Å²) in [6.07, 6.45) is 3.16. The zero-order valence-electron chi connectivity index (χ0n) is 14.1. The van der Waals surface area contributed by atoms with E-state index >= 15 is 0 Å². The van der Waals surface area contributed by atoms with Crippen molar-refractivity contribution in [3.63, 3.8) is 0 Å². The Balaban J connectivity index is 1.38. The van der Waals surface area contributed by atoms with Crippen LogP contribution in [-0.4, -0.2) is 56.4 Å². The van der Waals surface area contributed by atoms with Crippen LogP contribution in [0.5, 0.6) is 0 Å². The molecule has 1 amide bonds. The van der Waals surface area contributed by atoms with E-state index in [1.165, 1.54) is 6.20 Å². The number of nitrogens with one attached hydrogen (secondary N) is 1. The van der Waals surface area contributed by atoms with Gasteiger partial charge >= 0.3 is 0 Å². The Hall–Kier alpha value is -2.84. The molecule has 26 heavy (non-hydrogen) atoms. The van der Waals surface area contributed by atoms with E-state index in [9.17, 15) is 9.90 Å². The van der Waals surface area contributed by atoms with Gasteiger partial charge in [-0.2, -0.15) is 0 Å². The first-order valence-electron chi connectivity index (χ1n) is 8.52. The molecule has 1 aliphatic rings. The molecule has 1 saturated heterocycles. The Labute approximate surface area is 149 Å². The maximum absolute atomic E-state index is 12.2. The van der Waals surface area contributed by atoms with Crippen LogP contribution in [-0.2, 0) is 6.54 Å². The summed E-state index contributed by atoms with van der Waals surface area (Å²) in [6.45, 7) is 1.88. The van der Waals surface area contributed by atoms with Gasteiger partial charge in [0.2, 0.25) is 0 Å². The molecule has 4 rings (SSSR count). The molecule has 0 saturated carbocycles. The minimum Gasteiger partial charge on any atom is -0.390 e. The maximum atomic E-state index is 12.2. The van der Waals surface area contributed by atoms with Gasteiger partial charge in [0, 0.05) is 32.0 Å². The van der Waals surface area contributed by atoms with Gasteiger partial charge in [0.1, 0.15) is 11.0 Å². The fraction of sp³-hybridized carbons (Fsp3) is 0.333. The minimum atomic E-state index is -0.640. The van der Waals surface area contributed by atoms with Crippen LogP contribution in [0.15, 0.2) is 47.4 Å². The fourth-order valence-electron chi connectivity index (χ4n) is 3.29. The standard InChI is InChI=1S/C18H19N5O3/c24-16-11-23(10-13-3-1-5-15-17(13)22-26-21-15)8-6-14(16)20-18(25)12-4-2-7-19-9-12/h1-5,7,9,14,16,24H,6,8,10-11H2,(H,20,25)/t14-,16-/m1/s1. The van der Waals surface area contributed by atoms with Gasteiger partial charge in [0.05, 0.1) is 17.7 Å². The third-order valence-electron chi connectivity index (χ3n) is 4.67. The van der Waals surface area contributed by atoms with Gasteiger partial charge in [-0.05, 0) is 40.5 Å². The molecule has 1 aliphatic heterocycles. The summed E-state index contributed by atoms with van der Waals surface area (Å²) in [5.41, 5.74) is 2.97. The lowest BCUT2D eigenvalue weighted by atomic mass is 10.0. The number of hydrogen-bond acceptors (Lipinski definition) is 7. The molecule has 8 heteroatoms. The summed E-state index contributed by atoms with van der Waals surface area (Å²) >= 11 is 0. The average molecular weight is 353 g/mol. The predicted octanol–water partition coefficient (Wildman–Crippen LogP) is 0.983. The van der Waals surface area contributed by atoms with Crippen LogP contribution in [0.4, 0.5) is 0 Å². The van der Waals surface area contributed by atoms with Crippen molar-refractivity contribution in [1.82, 2.24) is 25.5 Å². The molecule has 1 aromatic carbocycles. The van der Waals surface area contributed by atoms with Gasteiger partial charge < -0.3 is 10.4 Å². The number of rotatable bonds is 4. The van der Waals surface area contributed by atoms with Gasteiger partial charge in [-0.3, -0.25) is 14.7 Å². The number of fused-ring (bicyclic) bond motifs is 1. The molecular weight excluding hydrogens is 334 g/mol. The first kappa shape index (κ1) is 16.6. The van der Waals surface area contributed by atoms with E-state index in [4.69, 9.17) is 4.63 Å². The van der Waals surface area contributed by atoms with Crippen molar-refractivity contribution in [2.75, 3.05) is 13.1 Å². The molecule has 3 aromatic rings. The number of likely N-dealkylation sites (tertiary alicyclic amines) is 1. The monoisotopic (exact) mass is 353 g/mol. The lowest BCUT2D eigenvalue weighted by Crippen LogP contribution is -2.53. The molecule has 1 fully saturated rings. The molecular formula is C18H19N5O3. The smallest absolute Gasteiger partial charge is 0.253 e. The highest BCUT2D eigenvalue weighted by atomic mass is 16.6. The molecule has 2 aromatic heterocycles. The lowest BCUT2D eigenvalue weighted by molar-refractivity contribution is 0.0351. The van der Waals surface area contributed by atoms with Crippen molar-refractivity contribution < 1.29 is 14.5 Å². The number of piperidine rings is 1. The first-order valence-corrected chi connectivity index (χ1v) is 8.52. The topological polar surface area (TPSA) is 104 Å². The second kappa shape index (κ2) is 7.19. The second-order valence-electron chi connectivity index (χ2n) is 6.46. The molecule has 3 heterocycles. The maximum Gasteiger partial charge on any atom is 0.253 e. The molecule has 0 unspecified atom stereocenters. The summed E-state index contributed by atoms with van der Waals surface area (Å²) < 4.78 is 4.80. The third-order valence-corrected chi connectivity index (χ3v) is 4.67. The quantitative estimate of drug-likeness (QED) is 0.720. The van der Waals surface area contributed by atoms with E-state index in [2.05, 4.69) is 25.5 Å². The Morgan fingerprint density at radius 2 is 2.23 bits per heavy atom. The molecule has 2 atom stereocenters. The van der Waals surface area contributed by atoms with Gasteiger partial charge in [-0.25, -0.2) is 4.63 Å². The van der Waals surface area contributed by atoms with Crippen molar-refractivity contribution in [2.24, 2.45) is 0 Å². The summed E-state index contributed by atoms with van der Waals surface area (Å²) in [7, 11) is 0. The average Bonchev–Trinajstić information content (AvgIpc) is 3.14. The molecule has 134 valence electrons. The van der Waals surface area contributed by atoms with E-state index in [-0.39, 0.29) is 11.9 Å². The summed E-state index contributed by atoms with van der Waals surface area (Å²) in [5.74, 6) is -0.214. The summed E-state index contributed by atoms with van der Waals surface area (Å²) in [5, 5.41) is 21.2. The second-order valence-corrected chi connectivity index (χ2v) is 6.46. The van der Waals surface area contributed by atoms with Crippen LogP contribution in [0, 0.1) is 0 Å². The van der Waals surface area contributed by atoms with E-state index in [0.29, 0.717) is 25.1 Å². The number of benzene rings is 1. The van der Waals surface area contributed by atoms with Crippen LogP contribution >= 0.6 is 0 Å². The van der Waals surface area contributed by atoms with Gasteiger partial charge in [-0.1, -0.05) is 12.1 Å². The normalized spacial score (nSPS) is 21.0. The van der Waals surface area contributed by atoms with E-state index in [1.54, 1.807) is 18.3 Å². The number of pyridine rings is 1. The largest absolute Gasteiger partial charge is 0.390 e. The van der Waals surface area contributed by atoms with Crippen molar-refractivity contribution in [3.8, 4) is 0 Å². The number of aliphatic hydroxyl groups is 1. The summed E-state index contributed by atoms with van der Waals surface area (Å²) in [6, 6.07) is 8.89. The zero-order valence-corrected chi connectivity index (χ0v) is 14.1. The molecule has 2 N–H and O–H groups in total. The number of amides is 1. The van der Waals surface area contributed by atoms with Crippen LogP contribution in [0.25, 0.3) is 11.0 Å².